The molecule has 2 aromatic carbocycles. The van der Waals surface area contributed by atoms with E-state index in [-0.39, 0.29) is 11.8 Å². The number of anilines is 1. The molecule has 0 unspecified atom stereocenters. The van der Waals surface area contributed by atoms with Crippen molar-refractivity contribution in [2.24, 2.45) is 13.0 Å². The SMILES string of the molecule is COc1cc2ncnc(-c3cn(C)nc3-c3ccccc3)c2cc1NC(=O)C1CC1. The summed E-state index contributed by atoms with van der Waals surface area (Å²) in [6, 6.07) is 13.7. The molecule has 0 spiro atoms. The van der Waals surface area contributed by atoms with Crippen molar-refractivity contribution in [3.05, 3.63) is 55.0 Å². The summed E-state index contributed by atoms with van der Waals surface area (Å²) < 4.78 is 7.29. The standard InChI is InChI=1S/C23H21N5O2/c1-28-12-17(21(27-28)14-6-4-3-5-7-14)22-16-10-19(26-23(29)15-8-9-15)20(30-2)11-18(16)24-13-25-22/h3-7,10-13,15H,8-9H2,1-2H3,(H,26,29). The van der Waals surface area contributed by atoms with Gasteiger partial charge in [0.2, 0.25) is 5.91 Å². The van der Waals surface area contributed by atoms with E-state index in [4.69, 9.17) is 4.74 Å². The smallest absolute Gasteiger partial charge is 0.227 e. The Morgan fingerprint density at radius 2 is 1.93 bits per heavy atom. The van der Waals surface area contributed by atoms with Gasteiger partial charge in [0.05, 0.1) is 24.0 Å². The van der Waals surface area contributed by atoms with Gasteiger partial charge in [0.15, 0.2) is 0 Å². The molecule has 0 saturated heterocycles. The van der Waals surface area contributed by atoms with Crippen LogP contribution in [-0.2, 0) is 11.8 Å². The van der Waals surface area contributed by atoms with Gasteiger partial charge in [-0.3, -0.25) is 9.48 Å². The highest BCUT2D eigenvalue weighted by Gasteiger charge is 2.30. The Morgan fingerprint density at radius 1 is 1.13 bits per heavy atom. The van der Waals surface area contributed by atoms with Gasteiger partial charge >= 0.3 is 0 Å². The van der Waals surface area contributed by atoms with Crippen molar-refractivity contribution < 1.29 is 9.53 Å². The fourth-order valence-corrected chi connectivity index (χ4v) is 3.62. The maximum Gasteiger partial charge on any atom is 0.227 e. The number of carbonyl (C=O) groups excluding carboxylic acids is 1. The fraction of sp³-hybridized carbons (Fsp3) is 0.217. The van der Waals surface area contributed by atoms with Crippen molar-refractivity contribution in [3.63, 3.8) is 0 Å². The predicted molar refractivity (Wildman–Crippen MR) is 115 cm³/mol. The summed E-state index contributed by atoms with van der Waals surface area (Å²) in [5.74, 6) is 0.702. The molecule has 1 N–H and O–H groups in total. The highest BCUT2D eigenvalue weighted by atomic mass is 16.5. The number of carbonyl (C=O) groups is 1. The van der Waals surface area contributed by atoms with E-state index in [2.05, 4.69) is 20.4 Å². The lowest BCUT2D eigenvalue weighted by Crippen LogP contribution is -2.14. The largest absolute Gasteiger partial charge is 0.494 e. The van der Waals surface area contributed by atoms with Gasteiger partial charge in [0.1, 0.15) is 17.8 Å². The number of methoxy groups -OCH3 is 1. The van der Waals surface area contributed by atoms with E-state index in [0.717, 1.165) is 46.3 Å². The molecule has 2 aromatic heterocycles. The topological polar surface area (TPSA) is 81.9 Å². The molecule has 7 heteroatoms. The molecule has 5 rings (SSSR count). The van der Waals surface area contributed by atoms with Gasteiger partial charge in [-0.2, -0.15) is 5.10 Å². The van der Waals surface area contributed by atoms with Crippen LogP contribution < -0.4 is 10.1 Å². The second kappa shape index (κ2) is 7.26. The lowest BCUT2D eigenvalue weighted by molar-refractivity contribution is -0.117. The number of benzene rings is 2. The Labute approximate surface area is 173 Å². The van der Waals surface area contributed by atoms with E-state index in [0.29, 0.717) is 11.4 Å². The van der Waals surface area contributed by atoms with Crippen LogP contribution >= 0.6 is 0 Å². The first-order valence-corrected chi connectivity index (χ1v) is 9.87. The number of hydrogen-bond donors (Lipinski definition) is 1. The monoisotopic (exact) mass is 399 g/mol. The summed E-state index contributed by atoms with van der Waals surface area (Å²) in [5.41, 5.74) is 4.89. The zero-order valence-electron chi connectivity index (χ0n) is 16.8. The summed E-state index contributed by atoms with van der Waals surface area (Å²) in [6.45, 7) is 0. The van der Waals surface area contributed by atoms with Gasteiger partial charge < -0.3 is 10.1 Å². The Balaban J connectivity index is 1.68. The van der Waals surface area contributed by atoms with E-state index in [1.807, 2.05) is 55.7 Å². The minimum absolute atomic E-state index is 0.0254. The average molecular weight is 399 g/mol. The number of nitrogens with zero attached hydrogens (tertiary/aromatic N) is 4. The second-order valence-electron chi connectivity index (χ2n) is 7.49. The molecule has 4 aromatic rings. The highest BCUT2D eigenvalue weighted by molar-refractivity contribution is 6.02. The van der Waals surface area contributed by atoms with Crippen LogP contribution in [0.2, 0.25) is 0 Å². The maximum absolute atomic E-state index is 12.4. The van der Waals surface area contributed by atoms with Crippen LogP contribution in [0.3, 0.4) is 0 Å². The summed E-state index contributed by atoms with van der Waals surface area (Å²) in [5, 5.41) is 8.50. The zero-order valence-corrected chi connectivity index (χ0v) is 16.8. The normalized spacial score (nSPS) is 13.4. The van der Waals surface area contributed by atoms with Gasteiger partial charge in [-0.05, 0) is 18.9 Å². The van der Waals surface area contributed by atoms with E-state index in [1.165, 1.54) is 0 Å². The number of hydrogen-bond acceptors (Lipinski definition) is 5. The van der Waals surface area contributed by atoms with Gasteiger partial charge in [-0.1, -0.05) is 30.3 Å². The summed E-state index contributed by atoms with van der Waals surface area (Å²) >= 11 is 0. The molecule has 0 bridgehead atoms. The van der Waals surface area contributed by atoms with Crippen LogP contribution in [0, 0.1) is 5.92 Å². The van der Waals surface area contributed by atoms with E-state index in [9.17, 15) is 4.79 Å². The summed E-state index contributed by atoms with van der Waals surface area (Å²) in [6.07, 6.45) is 5.37. The fourth-order valence-electron chi connectivity index (χ4n) is 3.62. The molecule has 0 aliphatic heterocycles. The van der Waals surface area contributed by atoms with Crippen LogP contribution in [0.1, 0.15) is 12.8 Å². The van der Waals surface area contributed by atoms with Crippen molar-refractivity contribution in [1.29, 1.82) is 0 Å². The van der Waals surface area contributed by atoms with Crippen molar-refractivity contribution >= 4 is 22.5 Å². The molecule has 1 saturated carbocycles. The second-order valence-corrected chi connectivity index (χ2v) is 7.49. The molecule has 1 fully saturated rings. The molecule has 0 radical (unpaired) electrons. The lowest BCUT2D eigenvalue weighted by Gasteiger charge is -2.13. The van der Waals surface area contributed by atoms with Crippen molar-refractivity contribution in [2.75, 3.05) is 12.4 Å². The van der Waals surface area contributed by atoms with Crippen LogP contribution in [0.5, 0.6) is 5.75 Å². The number of amides is 1. The third-order valence-electron chi connectivity index (χ3n) is 5.29. The van der Waals surface area contributed by atoms with Crippen LogP contribution in [0.15, 0.2) is 55.0 Å². The Morgan fingerprint density at radius 3 is 2.67 bits per heavy atom. The van der Waals surface area contributed by atoms with Crippen LogP contribution in [-0.4, -0.2) is 32.8 Å². The first kappa shape index (κ1) is 18.3. The van der Waals surface area contributed by atoms with Crippen molar-refractivity contribution in [2.45, 2.75) is 12.8 Å². The molecule has 150 valence electrons. The van der Waals surface area contributed by atoms with Crippen molar-refractivity contribution in [1.82, 2.24) is 19.7 Å². The third kappa shape index (κ3) is 3.28. The highest BCUT2D eigenvalue weighted by Crippen LogP contribution is 2.38. The van der Waals surface area contributed by atoms with Gasteiger partial charge in [0, 0.05) is 41.7 Å². The number of aromatic nitrogens is 4. The predicted octanol–water partition coefficient (Wildman–Crippen LogP) is 4.05. The zero-order chi connectivity index (χ0) is 20.7. The van der Waals surface area contributed by atoms with Crippen LogP contribution in [0.4, 0.5) is 5.69 Å². The third-order valence-corrected chi connectivity index (χ3v) is 5.29. The van der Waals surface area contributed by atoms with E-state index >= 15 is 0 Å². The van der Waals surface area contributed by atoms with E-state index < -0.39 is 0 Å². The summed E-state index contributed by atoms with van der Waals surface area (Å²) in [4.78, 5) is 21.4. The Kier molecular flexibility index (Phi) is 4.43. The average Bonchev–Trinajstić information content (AvgIpc) is 3.55. The number of ether oxygens (including phenoxy) is 1. The molecule has 2 heterocycles. The minimum atomic E-state index is 0.0254. The van der Waals surface area contributed by atoms with Crippen molar-refractivity contribution in [3.8, 4) is 28.3 Å². The summed E-state index contributed by atoms with van der Waals surface area (Å²) in [7, 11) is 3.48. The molecule has 1 amide bonds. The molecular weight excluding hydrogens is 378 g/mol. The molecular formula is C23H21N5O2. The quantitative estimate of drug-likeness (QED) is 0.547. The van der Waals surface area contributed by atoms with Gasteiger partial charge in [0.25, 0.3) is 0 Å². The van der Waals surface area contributed by atoms with Crippen LogP contribution in [0.25, 0.3) is 33.4 Å². The Hall–Kier alpha value is -3.74. The molecule has 0 atom stereocenters. The maximum atomic E-state index is 12.4. The molecule has 1 aliphatic carbocycles. The van der Waals surface area contributed by atoms with Gasteiger partial charge in [-0.15, -0.1) is 0 Å². The molecule has 1 aliphatic rings. The molecule has 7 nitrogen and oxygen atoms in total. The van der Waals surface area contributed by atoms with Gasteiger partial charge in [-0.25, -0.2) is 9.97 Å². The minimum Gasteiger partial charge on any atom is -0.494 e. The number of fused-ring (bicyclic) bond motifs is 1. The van der Waals surface area contributed by atoms with E-state index in [1.54, 1.807) is 18.1 Å². The first-order valence-electron chi connectivity index (χ1n) is 9.87. The number of rotatable bonds is 5. The molecule has 30 heavy (non-hydrogen) atoms. The number of nitrogens with one attached hydrogen (secondary N) is 1. The number of aryl methyl sites for hydroxylation is 1. The first-order chi connectivity index (χ1) is 14.6. The Bertz CT molecular complexity index is 1250. The lowest BCUT2D eigenvalue weighted by atomic mass is 10.0.